The Morgan fingerprint density at radius 2 is 0.745 bits per heavy atom. The quantitative estimate of drug-likeness (QED) is 0.174. The zero-order valence-electron chi connectivity index (χ0n) is 27.7. The second kappa shape index (κ2) is 10.9. The lowest BCUT2D eigenvalue weighted by molar-refractivity contribution is 0.669. The van der Waals surface area contributed by atoms with Crippen LogP contribution >= 0.6 is 0 Å². The molecule has 0 fully saturated rings. The molecule has 0 bridgehead atoms. The van der Waals surface area contributed by atoms with Gasteiger partial charge < -0.3 is 4.42 Å². The number of rotatable bonds is 3. The molecule has 1 nitrogen and oxygen atoms in total. The van der Waals surface area contributed by atoms with E-state index < -0.39 is 0 Å². The maximum absolute atomic E-state index is 6.68. The van der Waals surface area contributed by atoms with E-state index in [1.807, 2.05) is 0 Å². The Labute approximate surface area is 294 Å². The second-order valence-corrected chi connectivity index (χ2v) is 13.5. The third-order valence-electron chi connectivity index (χ3n) is 10.8. The summed E-state index contributed by atoms with van der Waals surface area (Å²) in [4.78, 5) is 0. The van der Waals surface area contributed by atoms with E-state index in [1.54, 1.807) is 0 Å². The SMILES string of the molecule is c1ccc(-c2c3ccccc3c(-c3ccc(-c4cc5oc6ccc7ccccc7c6c5c5ccccc45)c4ccccc34)c3ccccc23)cc1. The molecule has 0 aliphatic rings. The van der Waals surface area contributed by atoms with Gasteiger partial charge in [-0.3, -0.25) is 0 Å². The summed E-state index contributed by atoms with van der Waals surface area (Å²) < 4.78 is 6.68. The van der Waals surface area contributed by atoms with Crippen molar-refractivity contribution in [1.82, 2.24) is 0 Å². The van der Waals surface area contributed by atoms with Crippen LogP contribution in [0, 0.1) is 0 Å². The Hall–Kier alpha value is -6.70. The van der Waals surface area contributed by atoms with Crippen LogP contribution < -0.4 is 0 Å². The van der Waals surface area contributed by atoms with Crippen molar-refractivity contribution in [3.8, 4) is 33.4 Å². The number of furan rings is 1. The van der Waals surface area contributed by atoms with Crippen molar-refractivity contribution >= 4 is 75.8 Å². The summed E-state index contributed by atoms with van der Waals surface area (Å²) in [7, 11) is 0. The Balaban J connectivity index is 1.22. The topological polar surface area (TPSA) is 13.1 Å². The summed E-state index contributed by atoms with van der Waals surface area (Å²) in [6, 6.07) is 66.2. The van der Waals surface area contributed by atoms with Crippen LogP contribution in [0.2, 0.25) is 0 Å². The van der Waals surface area contributed by atoms with Crippen molar-refractivity contribution in [3.05, 3.63) is 182 Å². The molecule has 1 aromatic heterocycles. The average molecular weight is 647 g/mol. The minimum Gasteiger partial charge on any atom is -0.456 e. The van der Waals surface area contributed by atoms with Gasteiger partial charge in [0.15, 0.2) is 0 Å². The highest BCUT2D eigenvalue weighted by molar-refractivity contribution is 6.29. The van der Waals surface area contributed by atoms with Crippen molar-refractivity contribution in [2.45, 2.75) is 0 Å². The molecule has 10 aromatic carbocycles. The first kappa shape index (κ1) is 28.2. The molecule has 0 amide bonds. The Morgan fingerprint density at radius 1 is 0.275 bits per heavy atom. The van der Waals surface area contributed by atoms with E-state index in [4.69, 9.17) is 4.42 Å². The second-order valence-electron chi connectivity index (χ2n) is 13.5. The van der Waals surface area contributed by atoms with Gasteiger partial charge in [0, 0.05) is 10.8 Å². The number of hydrogen-bond acceptors (Lipinski definition) is 1. The van der Waals surface area contributed by atoms with Gasteiger partial charge in [-0.2, -0.15) is 0 Å². The van der Waals surface area contributed by atoms with Crippen LogP contribution in [0.15, 0.2) is 186 Å². The molecule has 0 aliphatic heterocycles. The molecule has 236 valence electrons. The monoisotopic (exact) mass is 646 g/mol. The molecule has 11 aromatic rings. The van der Waals surface area contributed by atoms with Crippen molar-refractivity contribution in [3.63, 3.8) is 0 Å². The lowest BCUT2D eigenvalue weighted by atomic mass is 9.83. The van der Waals surface area contributed by atoms with Gasteiger partial charge in [0.2, 0.25) is 0 Å². The van der Waals surface area contributed by atoms with E-state index in [0.29, 0.717) is 0 Å². The Morgan fingerprint density at radius 3 is 1.41 bits per heavy atom. The largest absolute Gasteiger partial charge is 0.456 e. The molecule has 11 rings (SSSR count). The molecule has 0 saturated carbocycles. The molecule has 0 spiro atoms. The molecule has 1 heteroatoms. The third kappa shape index (κ3) is 4.09. The minimum atomic E-state index is 0.914. The van der Waals surface area contributed by atoms with E-state index in [1.165, 1.54) is 98.0 Å². The van der Waals surface area contributed by atoms with E-state index >= 15 is 0 Å². The molecule has 0 unspecified atom stereocenters. The van der Waals surface area contributed by atoms with Crippen molar-refractivity contribution in [2.75, 3.05) is 0 Å². The fourth-order valence-electron chi connectivity index (χ4n) is 8.71. The van der Waals surface area contributed by atoms with Crippen molar-refractivity contribution in [1.29, 1.82) is 0 Å². The van der Waals surface area contributed by atoms with Crippen molar-refractivity contribution in [2.24, 2.45) is 0 Å². The first-order valence-corrected chi connectivity index (χ1v) is 17.6. The van der Waals surface area contributed by atoms with Gasteiger partial charge in [-0.25, -0.2) is 0 Å². The van der Waals surface area contributed by atoms with Crippen LogP contribution in [0.3, 0.4) is 0 Å². The van der Waals surface area contributed by atoms with E-state index in [2.05, 4.69) is 182 Å². The summed E-state index contributed by atoms with van der Waals surface area (Å²) in [5.41, 5.74) is 9.24. The van der Waals surface area contributed by atoms with Gasteiger partial charge in [0.1, 0.15) is 11.2 Å². The third-order valence-corrected chi connectivity index (χ3v) is 10.8. The van der Waals surface area contributed by atoms with Gasteiger partial charge in [0.25, 0.3) is 0 Å². The zero-order chi connectivity index (χ0) is 33.5. The summed E-state index contributed by atoms with van der Waals surface area (Å²) in [6.45, 7) is 0. The summed E-state index contributed by atoms with van der Waals surface area (Å²) in [5.74, 6) is 0. The standard InChI is InChI=1S/C50H30O/c1-2-15-32(16-3-1)47-39-22-10-12-24-41(39)48(42-25-13-11-23-40(42)47)43-28-27-37(34-18-6-7-19-35(34)43)44-30-46-50(38-21-9-8-20-36(38)44)49-33-17-5-4-14-31(33)26-29-45(49)51-46/h1-30H. The van der Waals surface area contributed by atoms with Gasteiger partial charge in [-0.15, -0.1) is 0 Å². The van der Waals surface area contributed by atoms with E-state index in [0.717, 1.165) is 11.2 Å². The van der Waals surface area contributed by atoms with Crippen LogP contribution in [-0.4, -0.2) is 0 Å². The maximum atomic E-state index is 6.68. The number of hydrogen-bond donors (Lipinski definition) is 0. The molecular formula is C50H30O. The summed E-state index contributed by atoms with van der Waals surface area (Å²) in [6.07, 6.45) is 0. The molecule has 51 heavy (non-hydrogen) atoms. The molecular weight excluding hydrogens is 617 g/mol. The lowest BCUT2D eigenvalue weighted by Crippen LogP contribution is -1.92. The van der Waals surface area contributed by atoms with Gasteiger partial charge in [0.05, 0.1) is 0 Å². The van der Waals surface area contributed by atoms with Crippen LogP contribution in [0.4, 0.5) is 0 Å². The van der Waals surface area contributed by atoms with E-state index in [-0.39, 0.29) is 0 Å². The van der Waals surface area contributed by atoms with Crippen molar-refractivity contribution < 1.29 is 4.42 Å². The van der Waals surface area contributed by atoms with E-state index in [9.17, 15) is 0 Å². The average Bonchev–Trinajstić information content (AvgIpc) is 3.59. The summed E-state index contributed by atoms with van der Waals surface area (Å²) >= 11 is 0. The molecule has 0 radical (unpaired) electrons. The van der Waals surface area contributed by atoms with Gasteiger partial charge >= 0.3 is 0 Å². The van der Waals surface area contributed by atoms with Crippen LogP contribution in [0.1, 0.15) is 0 Å². The normalized spacial score (nSPS) is 11.9. The first-order valence-electron chi connectivity index (χ1n) is 17.6. The predicted octanol–water partition coefficient (Wildman–Crippen LogP) is 14.4. The highest BCUT2D eigenvalue weighted by Gasteiger charge is 2.21. The van der Waals surface area contributed by atoms with Crippen LogP contribution in [-0.2, 0) is 0 Å². The molecule has 0 saturated heterocycles. The molecule has 1 heterocycles. The van der Waals surface area contributed by atoms with Gasteiger partial charge in [-0.1, -0.05) is 170 Å². The predicted molar refractivity (Wildman–Crippen MR) is 218 cm³/mol. The maximum Gasteiger partial charge on any atom is 0.136 e. The lowest BCUT2D eigenvalue weighted by Gasteiger charge is -2.20. The highest BCUT2D eigenvalue weighted by Crippen LogP contribution is 2.48. The highest BCUT2D eigenvalue weighted by atomic mass is 16.3. The Kier molecular flexibility index (Phi) is 6.02. The number of benzene rings is 10. The number of fused-ring (bicyclic) bond motifs is 10. The summed E-state index contributed by atoms with van der Waals surface area (Å²) in [5, 5.41) is 14.7. The molecule has 0 N–H and O–H groups in total. The van der Waals surface area contributed by atoms with Crippen LogP contribution in [0.5, 0.6) is 0 Å². The smallest absolute Gasteiger partial charge is 0.136 e. The molecule has 0 atom stereocenters. The minimum absolute atomic E-state index is 0.914. The fraction of sp³-hybridized carbons (Fsp3) is 0. The fourth-order valence-corrected chi connectivity index (χ4v) is 8.71. The zero-order valence-corrected chi connectivity index (χ0v) is 27.7. The van der Waals surface area contributed by atoms with Crippen LogP contribution in [0.25, 0.3) is 109 Å². The molecule has 0 aliphatic carbocycles. The van der Waals surface area contributed by atoms with Gasteiger partial charge in [-0.05, 0) is 99.4 Å². The first-order chi connectivity index (χ1) is 25.3. The Bertz CT molecular complexity index is 3130.